The fourth-order valence-electron chi connectivity index (χ4n) is 2.96. The molecule has 1 aromatic heterocycles. The number of alkyl halides is 6. The summed E-state index contributed by atoms with van der Waals surface area (Å²) in [5, 5.41) is 0.851. The van der Waals surface area contributed by atoms with Crippen molar-refractivity contribution in [3.05, 3.63) is 65.6 Å². The molecule has 0 radical (unpaired) electrons. The summed E-state index contributed by atoms with van der Waals surface area (Å²) in [6.07, 6.45) is -7.77. The number of hydrogen-bond acceptors (Lipinski definition) is 2. The minimum Gasteiger partial charge on any atom is -0.492 e. The van der Waals surface area contributed by atoms with E-state index in [-0.39, 0.29) is 18.8 Å². The van der Waals surface area contributed by atoms with Crippen LogP contribution in [0, 0.1) is 6.57 Å². The van der Waals surface area contributed by atoms with Crippen LogP contribution in [0.5, 0.6) is 5.75 Å². The molecule has 3 rings (SSSR count). The number of anilines is 1. The summed E-state index contributed by atoms with van der Waals surface area (Å²) in [6, 6.07) is 9.39. The topological polar surface area (TPSA) is 32.6 Å². The van der Waals surface area contributed by atoms with Gasteiger partial charge in [-0.15, -0.1) is 0 Å². The van der Waals surface area contributed by atoms with Gasteiger partial charge in [0.25, 0.3) is 0 Å². The molecule has 0 saturated heterocycles. The third-order valence-electron chi connectivity index (χ3n) is 4.30. The van der Waals surface area contributed by atoms with Crippen LogP contribution in [0.25, 0.3) is 15.7 Å². The number of ether oxygens (including phenoxy) is 1. The van der Waals surface area contributed by atoms with Gasteiger partial charge in [0.15, 0.2) is 5.69 Å². The van der Waals surface area contributed by atoms with Gasteiger partial charge in [-0.25, -0.2) is 4.85 Å². The first-order valence-corrected chi connectivity index (χ1v) is 8.67. The van der Waals surface area contributed by atoms with E-state index >= 15 is 0 Å². The number of fused-ring (bicyclic) bond motifs is 1. The Kier molecular flexibility index (Phi) is 5.82. The van der Waals surface area contributed by atoms with Crippen molar-refractivity contribution in [2.75, 3.05) is 24.6 Å². The van der Waals surface area contributed by atoms with Gasteiger partial charge in [-0.1, -0.05) is 6.07 Å². The number of nitrogens with one attached hydrogen (secondary N) is 1. The fraction of sp³-hybridized carbons (Fsp3) is 0.250. The number of rotatable bonds is 6. The number of benzene rings is 2. The van der Waals surface area contributed by atoms with Crippen molar-refractivity contribution < 1.29 is 31.1 Å². The van der Waals surface area contributed by atoms with Gasteiger partial charge in [-0.05, 0) is 36.4 Å². The second-order valence-corrected chi connectivity index (χ2v) is 6.42. The molecule has 0 aliphatic carbocycles. The average Bonchev–Trinajstić information content (AvgIpc) is 3.13. The zero-order chi connectivity index (χ0) is 21.9. The lowest BCUT2D eigenvalue weighted by molar-refractivity contribution is -0.136. The van der Waals surface area contributed by atoms with E-state index < -0.39 is 30.1 Å². The van der Waals surface area contributed by atoms with Crippen molar-refractivity contribution in [2.24, 2.45) is 0 Å². The molecule has 0 amide bonds. The monoisotopic (exact) mass is 427 g/mol. The van der Waals surface area contributed by atoms with Crippen molar-refractivity contribution in [3.8, 4) is 5.75 Å². The van der Waals surface area contributed by atoms with E-state index in [4.69, 9.17) is 11.3 Å². The first-order chi connectivity index (χ1) is 14.1. The Morgan fingerprint density at radius 1 is 1.00 bits per heavy atom. The molecule has 0 bridgehead atoms. The Morgan fingerprint density at radius 2 is 1.77 bits per heavy atom. The lowest BCUT2D eigenvalue weighted by Crippen LogP contribution is -2.37. The predicted octanol–water partition coefficient (Wildman–Crippen LogP) is 6.19. The number of H-pyrrole nitrogens is 1. The molecular formula is C20H15F6N3O. The molecule has 158 valence electrons. The highest BCUT2D eigenvalue weighted by molar-refractivity contribution is 5.80. The van der Waals surface area contributed by atoms with Crippen molar-refractivity contribution in [3.63, 3.8) is 0 Å². The molecule has 0 unspecified atom stereocenters. The van der Waals surface area contributed by atoms with E-state index in [0.717, 1.165) is 27.9 Å². The molecule has 0 atom stereocenters. The zero-order valence-corrected chi connectivity index (χ0v) is 15.3. The first-order valence-electron chi connectivity index (χ1n) is 8.67. The van der Waals surface area contributed by atoms with Crippen LogP contribution in [0.1, 0.15) is 5.56 Å². The van der Waals surface area contributed by atoms with Gasteiger partial charge in [0.2, 0.25) is 0 Å². The van der Waals surface area contributed by atoms with E-state index in [1.54, 1.807) is 30.5 Å². The lowest BCUT2D eigenvalue weighted by Gasteiger charge is -2.27. The average molecular weight is 427 g/mol. The second kappa shape index (κ2) is 8.18. The molecule has 0 aliphatic rings. The van der Waals surface area contributed by atoms with Gasteiger partial charge in [-0.2, -0.15) is 26.3 Å². The van der Waals surface area contributed by atoms with Gasteiger partial charge in [0.05, 0.1) is 18.7 Å². The maximum absolute atomic E-state index is 13.2. The largest absolute Gasteiger partial charge is 0.492 e. The smallest absolute Gasteiger partial charge is 0.407 e. The van der Waals surface area contributed by atoms with Crippen LogP contribution < -0.4 is 9.64 Å². The summed E-state index contributed by atoms with van der Waals surface area (Å²) >= 11 is 0. The molecule has 30 heavy (non-hydrogen) atoms. The quantitative estimate of drug-likeness (QED) is 0.376. The van der Waals surface area contributed by atoms with Crippen molar-refractivity contribution in [1.82, 2.24) is 4.98 Å². The molecule has 1 heterocycles. The number of halogens is 6. The van der Waals surface area contributed by atoms with Crippen LogP contribution >= 0.6 is 0 Å². The summed E-state index contributed by atoms with van der Waals surface area (Å²) in [5.41, 5.74) is -1.38. The molecular weight excluding hydrogens is 412 g/mol. The molecule has 0 saturated carbocycles. The minimum atomic E-state index is -4.86. The highest BCUT2D eigenvalue weighted by Crippen LogP contribution is 2.39. The molecule has 0 spiro atoms. The Labute approximate surface area is 167 Å². The SMILES string of the molecule is [C-]#[N+]c1ccc(N(CCOc2ccc3[nH]ccc3c2)CC(F)(F)F)cc1C(F)(F)F. The summed E-state index contributed by atoms with van der Waals surface area (Å²) in [6.45, 7) is 4.90. The Balaban J connectivity index is 1.80. The van der Waals surface area contributed by atoms with Gasteiger partial charge >= 0.3 is 12.4 Å². The number of aromatic nitrogens is 1. The molecule has 2 aromatic carbocycles. The Bertz CT molecular complexity index is 1060. The molecule has 0 aliphatic heterocycles. The highest BCUT2D eigenvalue weighted by Gasteiger charge is 2.35. The predicted molar refractivity (Wildman–Crippen MR) is 99.8 cm³/mol. The summed E-state index contributed by atoms with van der Waals surface area (Å²) < 4.78 is 84.0. The van der Waals surface area contributed by atoms with Crippen molar-refractivity contribution >= 4 is 22.3 Å². The van der Waals surface area contributed by atoms with E-state index in [1.165, 1.54) is 0 Å². The fourth-order valence-corrected chi connectivity index (χ4v) is 2.96. The zero-order valence-electron chi connectivity index (χ0n) is 15.3. The van der Waals surface area contributed by atoms with Crippen molar-refractivity contribution in [1.29, 1.82) is 0 Å². The van der Waals surface area contributed by atoms with Crippen LogP contribution in [0.15, 0.2) is 48.7 Å². The van der Waals surface area contributed by atoms with E-state index in [9.17, 15) is 26.3 Å². The minimum absolute atomic E-state index is 0.183. The Morgan fingerprint density at radius 3 is 2.43 bits per heavy atom. The second-order valence-electron chi connectivity index (χ2n) is 6.42. The summed E-state index contributed by atoms with van der Waals surface area (Å²) in [4.78, 5) is 6.54. The molecule has 1 N–H and O–H groups in total. The summed E-state index contributed by atoms with van der Waals surface area (Å²) in [5.74, 6) is 0.424. The van der Waals surface area contributed by atoms with Gasteiger partial charge in [0.1, 0.15) is 18.9 Å². The van der Waals surface area contributed by atoms with E-state index in [2.05, 4.69) is 9.83 Å². The molecule has 4 nitrogen and oxygen atoms in total. The maximum Gasteiger partial charge on any atom is 0.407 e. The van der Waals surface area contributed by atoms with Crippen molar-refractivity contribution in [2.45, 2.75) is 12.4 Å². The normalized spacial score (nSPS) is 12.0. The van der Waals surface area contributed by atoms with Gasteiger partial charge < -0.3 is 14.6 Å². The third-order valence-corrected chi connectivity index (χ3v) is 4.30. The number of nitrogens with zero attached hydrogens (tertiary/aromatic N) is 2. The highest BCUT2D eigenvalue weighted by atomic mass is 19.4. The molecule has 0 fully saturated rings. The standard InChI is InChI=1S/C20H15F6N3O/c1-27-18-4-2-14(11-16(18)20(24,25)26)29(12-19(21,22)23)8-9-30-15-3-5-17-13(10-15)6-7-28-17/h2-7,10-11,28H,8-9,12H2. The third kappa shape index (κ3) is 5.17. The van der Waals surface area contributed by atoms with Crippen LogP contribution in [0.2, 0.25) is 0 Å². The van der Waals surface area contributed by atoms with Crippen LogP contribution in [0.3, 0.4) is 0 Å². The maximum atomic E-state index is 13.2. The van der Waals surface area contributed by atoms with Gasteiger partial charge in [-0.3, -0.25) is 0 Å². The first kappa shape index (κ1) is 21.4. The number of hydrogen-bond donors (Lipinski definition) is 1. The number of aromatic amines is 1. The van der Waals surface area contributed by atoms with Crippen LogP contribution in [0.4, 0.5) is 37.7 Å². The summed E-state index contributed by atoms with van der Waals surface area (Å²) in [7, 11) is 0. The van der Waals surface area contributed by atoms with Gasteiger partial charge in [0, 0.05) is 22.8 Å². The molecule has 3 aromatic rings. The Hall–Kier alpha value is -3.35. The van der Waals surface area contributed by atoms with Crippen LogP contribution in [-0.2, 0) is 6.18 Å². The molecule has 10 heteroatoms. The van der Waals surface area contributed by atoms with E-state index in [0.29, 0.717) is 11.8 Å². The van der Waals surface area contributed by atoms with Crippen LogP contribution in [-0.4, -0.2) is 30.9 Å². The van der Waals surface area contributed by atoms with E-state index in [1.807, 2.05) is 0 Å². The lowest BCUT2D eigenvalue weighted by atomic mass is 10.1.